The van der Waals surface area contributed by atoms with Crippen molar-refractivity contribution in [1.29, 1.82) is 0 Å². The van der Waals surface area contributed by atoms with Crippen LogP contribution in [0.4, 0.5) is 0 Å². The van der Waals surface area contributed by atoms with Crippen molar-refractivity contribution in [2.24, 2.45) is 17.3 Å². The van der Waals surface area contributed by atoms with Crippen molar-refractivity contribution in [2.45, 2.75) is 37.4 Å². The van der Waals surface area contributed by atoms with E-state index in [9.17, 15) is 4.79 Å². The molecule has 2 saturated carbocycles. The summed E-state index contributed by atoms with van der Waals surface area (Å²) < 4.78 is -1.07. The van der Waals surface area contributed by atoms with E-state index in [4.69, 9.17) is 23.2 Å². The van der Waals surface area contributed by atoms with Gasteiger partial charge in [0.2, 0.25) is 0 Å². The zero-order valence-electron chi connectivity index (χ0n) is 7.94. The van der Waals surface area contributed by atoms with Gasteiger partial charge in [-0.1, -0.05) is 37.0 Å². The second kappa shape index (κ2) is 2.64. The van der Waals surface area contributed by atoms with Crippen molar-refractivity contribution in [3.8, 4) is 0 Å². The molecule has 1 nitrogen and oxygen atoms in total. The van der Waals surface area contributed by atoms with E-state index in [1.165, 1.54) is 0 Å². The molecule has 0 aliphatic heterocycles. The van der Waals surface area contributed by atoms with Gasteiger partial charge in [-0.05, 0) is 24.7 Å². The summed E-state index contributed by atoms with van der Waals surface area (Å²) in [5.74, 6) is 0.409. The summed E-state index contributed by atoms with van der Waals surface area (Å²) in [7, 11) is 0. The number of halogens is 2. The molecule has 0 N–H and O–H groups in total. The van der Waals surface area contributed by atoms with Crippen LogP contribution in [0.3, 0.4) is 0 Å². The van der Waals surface area contributed by atoms with Crippen molar-refractivity contribution in [3.63, 3.8) is 0 Å². The number of carbonyl (C=O) groups excluding carboxylic acids is 1. The molecule has 13 heavy (non-hydrogen) atoms. The van der Waals surface area contributed by atoms with Gasteiger partial charge in [0.25, 0.3) is 0 Å². The third kappa shape index (κ3) is 1.32. The molecule has 0 radical (unpaired) electrons. The summed E-state index contributed by atoms with van der Waals surface area (Å²) in [4.78, 5) is 11.5. The van der Waals surface area contributed by atoms with E-state index in [1.807, 2.05) is 0 Å². The molecule has 0 aromatic carbocycles. The average molecular weight is 221 g/mol. The second-order valence-electron chi connectivity index (χ2n) is 5.11. The summed E-state index contributed by atoms with van der Waals surface area (Å²) in [5.41, 5.74) is 0.302. The van der Waals surface area contributed by atoms with Gasteiger partial charge in [-0.25, -0.2) is 0 Å². The van der Waals surface area contributed by atoms with Gasteiger partial charge in [0, 0.05) is 11.8 Å². The van der Waals surface area contributed by atoms with Crippen LogP contribution in [0, 0.1) is 17.3 Å². The van der Waals surface area contributed by atoms with E-state index in [0.29, 0.717) is 5.41 Å². The second-order valence-corrected chi connectivity index (χ2v) is 6.49. The first-order valence-electron chi connectivity index (χ1n) is 4.77. The number of Topliss-reactive ketones (excluding diaryl/α,β-unsaturated/α-hetero) is 1. The summed E-state index contributed by atoms with van der Waals surface area (Å²) in [5, 5.41) is 0. The number of alkyl halides is 2. The molecular weight excluding hydrogens is 207 g/mol. The maximum absolute atomic E-state index is 11.5. The van der Waals surface area contributed by atoms with Crippen molar-refractivity contribution < 1.29 is 4.79 Å². The largest absolute Gasteiger partial charge is 0.296 e. The summed E-state index contributed by atoms with van der Waals surface area (Å²) >= 11 is 11.9. The highest BCUT2D eigenvalue weighted by molar-refractivity contribution is 6.60. The Balaban J connectivity index is 2.17. The fourth-order valence-electron chi connectivity index (χ4n) is 2.62. The quantitative estimate of drug-likeness (QED) is 0.574. The van der Waals surface area contributed by atoms with E-state index in [1.54, 1.807) is 0 Å². The van der Waals surface area contributed by atoms with Crippen LogP contribution in [0.5, 0.6) is 0 Å². The zero-order valence-corrected chi connectivity index (χ0v) is 9.45. The van der Waals surface area contributed by atoms with Gasteiger partial charge < -0.3 is 0 Å². The van der Waals surface area contributed by atoms with Crippen LogP contribution in [0.25, 0.3) is 0 Å². The Bertz CT molecular complexity index is 258. The molecular formula is C10H14Cl2O. The highest BCUT2D eigenvalue weighted by Gasteiger charge is 2.62. The number of carbonyl (C=O) groups is 1. The minimum Gasteiger partial charge on any atom is -0.296 e. The van der Waals surface area contributed by atoms with Gasteiger partial charge in [0.1, 0.15) is 0 Å². The number of ketones is 1. The van der Waals surface area contributed by atoms with Crippen LogP contribution in [-0.4, -0.2) is 10.1 Å². The van der Waals surface area contributed by atoms with Gasteiger partial charge >= 0.3 is 0 Å². The van der Waals surface area contributed by atoms with Crippen molar-refractivity contribution >= 4 is 29.0 Å². The summed E-state index contributed by atoms with van der Waals surface area (Å²) in [6.45, 7) is 4.44. The first kappa shape index (κ1) is 9.79. The minimum atomic E-state index is -1.07. The fraction of sp³-hybridized carbons (Fsp3) is 0.900. The van der Waals surface area contributed by atoms with Crippen molar-refractivity contribution in [2.75, 3.05) is 0 Å². The third-order valence-electron chi connectivity index (χ3n) is 3.52. The number of fused-ring (bicyclic) bond motifs is 1. The van der Waals surface area contributed by atoms with Gasteiger partial charge in [0.15, 0.2) is 10.1 Å². The lowest BCUT2D eigenvalue weighted by Gasteiger charge is -2.52. The molecule has 0 bridgehead atoms. The standard InChI is InChI=1S/C10H14Cl2O/c1-9(2)4-3-6-7(5-9)10(11,12)8(6)13/h6-7H,3-5H2,1-2H3/t6-,7+/m1/s1. The molecule has 0 aromatic heterocycles. The van der Waals surface area contributed by atoms with E-state index >= 15 is 0 Å². The first-order valence-corrected chi connectivity index (χ1v) is 5.52. The number of hydrogen-bond acceptors (Lipinski definition) is 1. The van der Waals surface area contributed by atoms with Crippen LogP contribution in [0.2, 0.25) is 0 Å². The third-order valence-corrected chi connectivity index (χ3v) is 4.45. The van der Waals surface area contributed by atoms with Crippen LogP contribution in [0.1, 0.15) is 33.1 Å². The Labute approximate surface area is 88.8 Å². The Morgan fingerprint density at radius 1 is 1.38 bits per heavy atom. The molecule has 74 valence electrons. The molecule has 2 fully saturated rings. The average Bonchev–Trinajstić information content (AvgIpc) is 2.02. The topological polar surface area (TPSA) is 17.1 Å². The molecule has 2 rings (SSSR count). The van der Waals surface area contributed by atoms with Crippen LogP contribution >= 0.6 is 23.2 Å². The maximum atomic E-state index is 11.5. The highest BCUT2D eigenvalue weighted by Crippen LogP contribution is 2.58. The fourth-order valence-corrected chi connectivity index (χ4v) is 3.35. The lowest BCUT2D eigenvalue weighted by molar-refractivity contribution is -0.140. The van der Waals surface area contributed by atoms with E-state index in [0.717, 1.165) is 19.3 Å². The Morgan fingerprint density at radius 2 is 2.00 bits per heavy atom. The monoisotopic (exact) mass is 220 g/mol. The van der Waals surface area contributed by atoms with Crippen molar-refractivity contribution in [3.05, 3.63) is 0 Å². The van der Waals surface area contributed by atoms with Gasteiger partial charge in [-0.3, -0.25) is 4.79 Å². The van der Waals surface area contributed by atoms with Gasteiger partial charge in [-0.2, -0.15) is 0 Å². The van der Waals surface area contributed by atoms with Crippen LogP contribution in [-0.2, 0) is 4.79 Å². The Kier molecular flexibility index (Phi) is 1.99. The molecule has 0 aromatic rings. The van der Waals surface area contributed by atoms with E-state index in [-0.39, 0.29) is 17.6 Å². The predicted octanol–water partition coefficient (Wildman–Crippen LogP) is 3.19. The van der Waals surface area contributed by atoms with Gasteiger partial charge in [0.05, 0.1) is 0 Å². The molecule has 0 spiro atoms. The normalized spacial score (nSPS) is 40.8. The first-order chi connectivity index (χ1) is 5.84. The van der Waals surface area contributed by atoms with Crippen LogP contribution < -0.4 is 0 Å². The maximum Gasteiger partial charge on any atom is 0.179 e. The molecule has 2 aliphatic carbocycles. The lowest BCUT2D eigenvalue weighted by Crippen LogP contribution is -2.59. The minimum absolute atomic E-state index is 0.0522. The lowest BCUT2D eigenvalue weighted by atomic mass is 9.57. The molecule has 0 unspecified atom stereocenters. The predicted molar refractivity (Wildman–Crippen MR) is 54.1 cm³/mol. The smallest absolute Gasteiger partial charge is 0.179 e. The van der Waals surface area contributed by atoms with E-state index in [2.05, 4.69) is 13.8 Å². The Morgan fingerprint density at radius 3 is 2.62 bits per heavy atom. The van der Waals surface area contributed by atoms with Crippen LogP contribution in [0.15, 0.2) is 0 Å². The Hall–Kier alpha value is 0.250. The van der Waals surface area contributed by atoms with E-state index < -0.39 is 4.33 Å². The SMILES string of the molecule is CC1(C)CC[C@H]2C(=O)C(Cl)(Cl)[C@H]2C1. The highest BCUT2D eigenvalue weighted by atomic mass is 35.5. The number of hydrogen-bond donors (Lipinski definition) is 0. The molecule has 2 aliphatic rings. The molecule has 0 heterocycles. The summed E-state index contributed by atoms with van der Waals surface area (Å²) in [6.07, 6.45) is 3.07. The number of rotatable bonds is 0. The summed E-state index contributed by atoms with van der Waals surface area (Å²) in [6, 6.07) is 0. The molecule has 2 atom stereocenters. The molecule has 0 amide bonds. The molecule has 3 heteroatoms. The van der Waals surface area contributed by atoms with Gasteiger partial charge in [-0.15, -0.1) is 0 Å². The molecule has 0 saturated heterocycles. The van der Waals surface area contributed by atoms with Crippen molar-refractivity contribution in [1.82, 2.24) is 0 Å². The zero-order chi connectivity index (χ0) is 9.85.